The lowest BCUT2D eigenvalue weighted by molar-refractivity contribution is -0.136. The van der Waals surface area contributed by atoms with E-state index in [0.717, 1.165) is 0 Å². The Hall–Kier alpha value is -2.50. The minimum absolute atomic E-state index is 0.335. The van der Waals surface area contributed by atoms with Crippen LogP contribution in [-0.2, 0) is 9.53 Å². The molecule has 0 N–H and O–H groups in total. The van der Waals surface area contributed by atoms with E-state index in [9.17, 15) is 9.59 Å². The van der Waals surface area contributed by atoms with Crippen LogP contribution < -0.4 is 9.47 Å². The van der Waals surface area contributed by atoms with Gasteiger partial charge in [0.25, 0.3) is 0 Å². The van der Waals surface area contributed by atoms with Gasteiger partial charge in [0.2, 0.25) is 0 Å². The van der Waals surface area contributed by atoms with E-state index in [4.69, 9.17) is 37.4 Å². The quantitative estimate of drug-likeness (QED) is 0.433. The van der Waals surface area contributed by atoms with Crippen LogP contribution in [0.4, 0.5) is 0 Å². The maximum Gasteiger partial charge on any atom is 0.331 e. The van der Waals surface area contributed by atoms with Crippen LogP contribution in [0.15, 0.2) is 42.5 Å². The number of hydrogen-bond donors (Lipinski definition) is 0. The molecule has 3 rings (SSSR count). The van der Waals surface area contributed by atoms with Crippen molar-refractivity contribution in [3.8, 4) is 11.5 Å². The Morgan fingerprint density at radius 2 is 1.77 bits per heavy atom. The van der Waals surface area contributed by atoms with Crippen LogP contribution in [0.3, 0.4) is 0 Å². The Labute approximate surface area is 160 Å². The van der Waals surface area contributed by atoms with Gasteiger partial charge < -0.3 is 14.2 Å². The van der Waals surface area contributed by atoms with Crippen LogP contribution >= 0.6 is 23.2 Å². The molecule has 0 spiro atoms. The molecule has 0 aliphatic carbocycles. The molecule has 2 aromatic rings. The van der Waals surface area contributed by atoms with Crippen molar-refractivity contribution >= 4 is 41.0 Å². The first kappa shape index (κ1) is 18.3. The highest BCUT2D eigenvalue weighted by atomic mass is 35.5. The minimum Gasteiger partial charge on any atom is -0.486 e. The zero-order chi connectivity index (χ0) is 18.5. The third-order valence-electron chi connectivity index (χ3n) is 3.57. The fraction of sp³-hybridized carbons (Fsp3) is 0.158. The van der Waals surface area contributed by atoms with Crippen molar-refractivity contribution in [2.24, 2.45) is 0 Å². The van der Waals surface area contributed by atoms with Crippen LogP contribution in [-0.4, -0.2) is 31.6 Å². The van der Waals surface area contributed by atoms with Crippen molar-refractivity contribution in [2.45, 2.75) is 0 Å². The van der Waals surface area contributed by atoms with Gasteiger partial charge in [0.1, 0.15) is 13.2 Å². The van der Waals surface area contributed by atoms with E-state index in [0.29, 0.717) is 45.9 Å². The SMILES string of the molecule is O=C(/C=C/c1ccc(Cl)c(Cl)c1)OCC(=O)c1ccc2c(c1)OCCO2. The summed E-state index contributed by atoms with van der Waals surface area (Å²) >= 11 is 11.7. The molecule has 0 saturated heterocycles. The van der Waals surface area contributed by atoms with Gasteiger partial charge >= 0.3 is 5.97 Å². The van der Waals surface area contributed by atoms with E-state index in [2.05, 4.69) is 0 Å². The molecule has 0 bridgehead atoms. The molecule has 0 radical (unpaired) electrons. The van der Waals surface area contributed by atoms with E-state index >= 15 is 0 Å². The van der Waals surface area contributed by atoms with Gasteiger partial charge in [0.05, 0.1) is 10.0 Å². The second kappa shape index (κ2) is 8.25. The summed E-state index contributed by atoms with van der Waals surface area (Å²) in [5.74, 6) is 0.127. The Balaban J connectivity index is 1.56. The minimum atomic E-state index is -0.637. The van der Waals surface area contributed by atoms with E-state index in [1.165, 1.54) is 12.2 Å². The van der Waals surface area contributed by atoms with Gasteiger partial charge in [-0.05, 0) is 42.0 Å². The Morgan fingerprint density at radius 3 is 2.54 bits per heavy atom. The lowest BCUT2D eigenvalue weighted by Gasteiger charge is -2.18. The highest BCUT2D eigenvalue weighted by Crippen LogP contribution is 2.30. The molecular formula is C19H14Cl2O5. The molecule has 1 heterocycles. The smallest absolute Gasteiger partial charge is 0.331 e. The average molecular weight is 393 g/mol. The van der Waals surface area contributed by atoms with E-state index in [1.807, 2.05) is 0 Å². The molecule has 0 saturated carbocycles. The lowest BCUT2D eigenvalue weighted by atomic mass is 10.1. The normalized spacial score (nSPS) is 12.8. The molecule has 0 aromatic heterocycles. The van der Waals surface area contributed by atoms with Gasteiger partial charge in [0.15, 0.2) is 23.9 Å². The topological polar surface area (TPSA) is 61.8 Å². The van der Waals surface area contributed by atoms with Crippen molar-refractivity contribution in [2.75, 3.05) is 19.8 Å². The van der Waals surface area contributed by atoms with Crippen LogP contribution in [0.2, 0.25) is 10.0 Å². The van der Waals surface area contributed by atoms with E-state index in [1.54, 1.807) is 36.4 Å². The summed E-state index contributed by atoms with van der Waals surface area (Å²) in [7, 11) is 0. The van der Waals surface area contributed by atoms with E-state index in [-0.39, 0.29) is 12.4 Å². The number of Topliss-reactive ketones (excluding diaryl/α,β-unsaturated/α-hetero) is 1. The van der Waals surface area contributed by atoms with Crippen LogP contribution in [0.1, 0.15) is 15.9 Å². The summed E-state index contributed by atoms with van der Waals surface area (Å²) in [6.45, 7) is 0.534. The average Bonchev–Trinajstić information content (AvgIpc) is 2.66. The first-order valence-corrected chi connectivity index (χ1v) is 8.51. The summed E-state index contributed by atoms with van der Waals surface area (Å²) in [5.41, 5.74) is 1.07. The first-order valence-electron chi connectivity index (χ1n) is 7.75. The van der Waals surface area contributed by atoms with Gasteiger partial charge in [-0.3, -0.25) is 4.79 Å². The highest BCUT2D eigenvalue weighted by molar-refractivity contribution is 6.42. The van der Waals surface area contributed by atoms with Gasteiger partial charge in [0, 0.05) is 11.6 Å². The molecule has 26 heavy (non-hydrogen) atoms. The number of ether oxygens (including phenoxy) is 3. The number of rotatable bonds is 5. The molecule has 5 nitrogen and oxygen atoms in total. The number of esters is 1. The summed E-state index contributed by atoms with van der Waals surface area (Å²) in [5, 5.41) is 0.812. The van der Waals surface area contributed by atoms with Crippen molar-refractivity contribution < 1.29 is 23.8 Å². The molecule has 0 unspecified atom stereocenters. The Morgan fingerprint density at radius 1 is 1.00 bits per heavy atom. The van der Waals surface area contributed by atoms with Gasteiger partial charge in [-0.15, -0.1) is 0 Å². The zero-order valence-corrected chi connectivity index (χ0v) is 15.0. The number of hydrogen-bond acceptors (Lipinski definition) is 5. The summed E-state index contributed by atoms with van der Waals surface area (Å²) in [6, 6.07) is 9.80. The maximum atomic E-state index is 12.2. The standard InChI is InChI=1S/C19H14Cl2O5/c20-14-4-1-12(9-15(14)21)2-6-19(23)26-11-16(22)13-3-5-17-18(10-13)25-8-7-24-17/h1-6,9-10H,7-8,11H2/b6-2+. The largest absolute Gasteiger partial charge is 0.486 e. The van der Waals surface area contributed by atoms with Crippen LogP contribution in [0, 0.1) is 0 Å². The Bertz CT molecular complexity index is 876. The van der Waals surface area contributed by atoms with Crippen LogP contribution in [0.5, 0.6) is 11.5 Å². The summed E-state index contributed by atoms with van der Waals surface area (Å²) in [4.78, 5) is 23.9. The maximum absolute atomic E-state index is 12.2. The third kappa shape index (κ3) is 4.56. The summed E-state index contributed by atoms with van der Waals surface area (Å²) < 4.78 is 15.8. The molecule has 0 atom stereocenters. The number of ketones is 1. The molecule has 134 valence electrons. The fourth-order valence-electron chi connectivity index (χ4n) is 2.27. The molecule has 1 aliphatic heterocycles. The van der Waals surface area contributed by atoms with Crippen LogP contribution in [0.25, 0.3) is 6.08 Å². The number of benzene rings is 2. The molecule has 2 aromatic carbocycles. The number of halogens is 2. The zero-order valence-electron chi connectivity index (χ0n) is 13.5. The predicted molar refractivity (Wildman–Crippen MR) is 98.2 cm³/mol. The van der Waals surface area contributed by atoms with Gasteiger partial charge in [-0.1, -0.05) is 29.3 Å². The second-order valence-electron chi connectivity index (χ2n) is 5.40. The highest BCUT2D eigenvalue weighted by Gasteiger charge is 2.15. The van der Waals surface area contributed by atoms with Crippen molar-refractivity contribution in [3.05, 3.63) is 63.6 Å². The third-order valence-corrected chi connectivity index (χ3v) is 4.30. The van der Waals surface area contributed by atoms with Crippen molar-refractivity contribution in [3.63, 3.8) is 0 Å². The second-order valence-corrected chi connectivity index (χ2v) is 6.21. The Kier molecular flexibility index (Phi) is 5.81. The molecule has 0 amide bonds. The predicted octanol–water partition coefficient (Wildman–Crippen LogP) is 4.20. The summed E-state index contributed by atoms with van der Waals surface area (Å²) in [6.07, 6.45) is 2.75. The number of carbonyl (C=O) groups excluding carboxylic acids is 2. The van der Waals surface area contributed by atoms with E-state index < -0.39 is 5.97 Å². The molecule has 0 fully saturated rings. The first-order chi connectivity index (χ1) is 12.5. The fourth-order valence-corrected chi connectivity index (χ4v) is 2.57. The molecule has 7 heteroatoms. The van der Waals surface area contributed by atoms with Gasteiger partial charge in [-0.2, -0.15) is 0 Å². The lowest BCUT2D eigenvalue weighted by Crippen LogP contribution is -2.17. The molecular weight excluding hydrogens is 379 g/mol. The van der Waals surface area contributed by atoms with Crippen molar-refractivity contribution in [1.82, 2.24) is 0 Å². The monoisotopic (exact) mass is 392 g/mol. The van der Waals surface area contributed by atoms with Crippen molar-refractivity contribution in [1.29, 1.82) is 0 Å². The van der Waals surface area contributed by atoms with Gasteiger partial charge in [-0.25, -0.2) is 4.79 Å². The molecule has 1 aliphatic rings. The number of carbonyl (C=O) groups is 2. The number of fused-ring (bicyclic) bond motifs is 1.